The molecule has 2 rings (SSSR count). The minimum Gasteiger partial charge on any atom is -0.375 e. The Morgan fingerprint density at radius 3 is 2.89 bits per heavy atom. The van der Waals surface area contributed by atoms with Gasteiger partial charge in [-0.3, -0.25) is 19.8 Å². The number of benzene rings is 1. The number of hydrogen-bond donors (Lipinski definition) is 1. The van der Waals surface area contributed by atoms with Crippen LogP contribution in [0.5, 0.6) is 0 Å². The van der Waals surface area contributed by atoms with E-state index in [-0.39, 0.29) is 24.6 Å². The lowest BCUT2D eigenvalue weighted by Crippen LogP contribution is -2.40. The van der Waals surface area contributed by atoms with Gasteiger partial charge in [-0.2, -0.15) is 0 Å². The number of nitrogens with zero attached hydrogens (tertiary/aromatic N) is 2. The normalized spacial score (nSPS) is 20.1. The fraction of sp³-hybridized carbons (Fsp3) is 0.250. The number of hydrogen-bond acceptors (Lipinski definition) is 5. The number of aliphatic hydroxyl groups excluding tert-OH is 1. The molecule has 0 aromatic heterocycles. The summed E-state index contributed by atoms with van der Waals surface area (Å²) in [5, 5.41) is 20.5. The van der Waals surface area contributed by atoms with E-state index in [1.54, 1.807) is 18.2 Å². The number of carbonyl (C=O) groups excluding carboxylic acids is 1. The van der Waals surface area contributed by atoms with Crippen LogP contribution in [0.4, 0.5) is 5.69 Å². The summed E-state index contributed by atoms with van der Waals surface area (Å²) in [5.74, 6) is -0.126. The highest BCUT2D eigenvalue weighted by atomic mass is 16.6. The first kappa shape index (κ1) is 12.4. The predicted octanol–water partition coefficient (Wildman–Crippen LogP) is 0.854. The number of carbonyl (C=O) groups is 1. The van der Waals surface area contributed by atoms with E-state index in [4.69, 9.17) is 0 Å². The van der Waals surface area contributed by atoms with Crippen LogP contribution in [0.25, 0.3) is 0 Å². The highest BCUT2D eigenvalue weighted by Crippen LogP contribution is 2.21. The van der Waals surface area contributed by atoms with Gasteiger partial charge in [0.2, 0.25) is 0 Å². The SMILES string of the molecule is O=C1C=CC(O)N(Cc2ccccc2[N+](=O)[O-])C1. The maximum Gasteiger partial charge on any atom is 0.273 e. The van der Waals surface area contributed by atoms with E-state index < -0.39 is 11.2 Å². The van der Waals surface area contributed by atoms with Gasteiger partial charge in [-0.05, 0) is 12.2 Å². The summed E-state index contributed by atoms with van der Waals surface area (Å²) < 4.78 is 0. The second-order valence-electron chi connectivity index (χ2n) is 4.03. The summed E-state index contributed by atoms with van der Waals surface area (Å²) in [6, 6.07) is 6.30. The second kappa shape index (κ2) is 5.07. The first-order chi connectivity index (χ1) is 8.58. The average Bonchev–Trinajstić information content (AvgIpc) is 2.34. The molecule has 94 valence electrons. The molecule has 0 saturated heterocycles. The van der Waals surface area contributed by atoms with Gasteiger partial charge in [0.1, 0.15) is 6.23 Å². The summed E-state index contributed by atoms with van der Waals surface area (Å²) in [6.45, 7) is 0.220. The lowest BCUT2D eigenvalue weighted by atomic mass is 10.1. The zero-order valence-corrected chi connectivity index (χ0v) is 9.52. The van der Waals surface area contributed by atoms with Crippen LogP contribution in [0.3, 0.4) is 0 Å². The summed E-state index contributed by atoms with van der Waals surface area (Å²) in [6.07, 6.45) is 1.81. The van der Waals surface area contributed by atoms with E-state index >= 15 is 0 Å². The highest BCUT2D eigenvalue weighted by Gasteiger charge is 2.23. The number of nitro benzene ring substituents is 1. The van der Waals surface area contributed by atoms with Crippen molar-refractivity contribution in [2.45, 2.75) is 12.8 Å². The van der Waals surface area contributed by atoms with Gasteiger partial charge < -0.3 is 5.11 Å². The number of aliphatic hydroxyl groups is 1. The quantitative estimate of drug-likeness (QED) is 0.633. The molecular weight excluding hydrogens is 236 g/mol. The Balaban J connectivity index is 2.21. The molecule has 0 saturated carbocycles. The van der Waals surface area contributed by atoms with Crippen molar-refractivity contribution in [2.24, 2.45) is 0 Å². The average molecular weight is 248 g/mol. The van der Waals surface area contributed by atoms with E-state index in [0.717, 1.165) is 0 Å². The maximum atomic E-state index is 11.3. The van der Waals surface area contributed by atoms with Crippen molar-refractivity contribution in [3.63, 3.8) is 0 Å². The largest absolute Gasteiger partial charge is 0.375 e. The van der Waals surface area contributed by atoms with E-state index in [0.29, 0.717) is 5.56 Å². The topological polar surface area (TPSA) is 83.7 Å². The molecule has 0 spiro atoms. The van der Waals surface area contributed by atoms with Crippen LogP contribution in [0.15, 0.2) is 36.4 Å². The Hall–Kier alpha value is -2.05. The van der Waals surface area contributed by atoms with Crippen LogP contribution < -0.4 is 0 Å². The summed E-state index contributed by atoms with van der Waals surface area (Å²) in [7, 11) is 0. The summed E-state index contributed by atoms with van der Waals surface area (Å²) in [4.78, 5) is 23.1. The lowest BCUT2D eigenvalue weighted by Gasteiger charge is -2.27. The molecule has 0 bridgehead atoms. The molecule has 1 aliphatic heterocycles. The van der Waals surface area contributed by atoms with Crippen LogP contribution in [0.2, 0.25) is 0 Å². The van der Waals surface area contributed by atoms with Gasteiger partial charge in [0.05, 0.1) is 11.5 Å². The van der Waals surface area contributed by atoms with Crippen molar-refractivity contribution >= 4 is 11.5 Å². The molecule has 0 radical (unpaired) electrons. The zero-order valence-electron chi connectivity index (χ0n) is 9.52. The number of rotatable bonds is 3. The van der Waals surface area contributed by atoms with E-state index in [9.17, 15) is 20.0 Å². The van der Waals surface area contributed by atoms with E-state index in [2.05, 4.69) is 0 Å². The molecule has 18 heavy (non-hydrogen) atoms. The van der Waals surface area contributed by atoms with E-state index in [1.807, 2.05) is 0 Å². The minimum atomic E-state index is -0.887. The smallest absolute Gasteiger partial charge is 0.273 e. The van der Waals surface area contributed by atoms with Crippen molar-refractivity contribution in [3.05, 3.63) is 52.1 Å². The van der Waals surface area contributed by atoms with Crippen molar-refractivity contribution < 1.29 is 14.8 Å². The molecule has 0 aliphatic carbocycles. The zero-order chi connectivity index (χ0) is 13.1. The molecule has 1 atom stereocenters. The summed E-state index contributed by atoms with van der Waals surface area (Å²) >= 11 is 0. The maximum absolute atomic E-state index is 11.3. The van der Waals surface area contributed by atoms with Gasteiger partial charge >= 0.3 is 0 Å². The third-order valence-corrected chi connectivity index (χ3v) is 2.75. The summed E-state index contributed by atoms with van der Waals surface area (Å²) in [5.41, 5.74) is 0.469. The fourth-order valence-electron chi connectivity index (χ4n) is 1.85. The van der Waals surface area contributed by atoms with Crippen LogP contribution in [-0.4, -0.2) is 33.5 Å². The lowest BCUT2D eigenvalue weighted by molar-refractivity contribution is -0.385. The standard InChI is InChI=1S/C12H12N2O4/c15-10-5-6-12(16)13(8-10)7-9-3-1-2-4-11(9)14(17)18/h1-6,12,16H,7-8H2. The molecule has 1 heterocycles. The second-order valence-corrected chi connectivity index (χ2v) is 4.03. The Kier molecular flexibility index (Phi) is 3.50. The van der Waals surface area contributed by atoms with E-state index in [1.165, 1.54) is 23.1 Å². The number of ketones is 1. The third-order valence-electron chi connectivity index (χ3n) is 2.75. The minimum absolute atomic E-state index is 0.00768. The van der Waals surface area contributed by atoms with Crippen molar-refractivity contribution in [1.82, 2.24) is 4.90 Å². The van der Waals surface area contributed by atoms with Crippen LogP contribution in [0, 0.1) is 10.1 Å². The first-order valence-electron chi connectivity index (χ1n) is 5.43. The predicted molar refractivity (Wildman–Crippen MR) is 63.7 cm³/mol. The molecule has 1 aromatic carbocycles. The molecule has 0 fully saturated rings. The third kappa shape index (κ3) is 2.61. The van der Waals surface area contributed by atoms with Crippen molar-refractivity contribution in [3.8, 4) is 0 Å². The molecule has 6 heteroatoms. The van der Waals surface area contributed by atoms with Crippen LogP contribution >= 0.6 is 0 Å². The molecule has 1 unspecified atom stereocenters. The molecule has 0 amide bonds. The molecular formula is C12H12N2O4. The molecule has 1 N–H and O–H groups in total. The molecule has 1 aliphatic rings. The van der Waals surface area contributed by atoms with Gasteiger partial charge in [-0.15, -0.1) is 0 Å². The molecule has 6 nitrogen and oxygen atoms in total. The Labute approximate surface area is 103 Å². The Bertz CT molecular complexity index is 513. The Morgan fingerprint density at radius 2 is 2.17 bits per heavy atom. The van der Waals surface area contributed by atoms with Gasteiger partial charge in [0.15, 0.2) is 5.78 Å². The number of para-hydroxylation sites is 1. The van der Waals surface area contributed by atoms with Crippen LogP contribution in [0.1, 0.15) is 5.56 Å². The Morgan fingerprint density at radius 1 is 1.44 bits per heavy atom. The van der Waals surface area contributed by atoms with Gasteiger partial charge in [0.25, 0.3) is 5.69 Å². The fourth-order valence-corrected chi connectivity index (χ4v) is 1.85. The monoisotopic (exact) mass is 248 g/mol. The van der Waals surface area contributed by atoms with Crippen molar-refractivity contribution in [2.75, 3.05) is 6.54 Å². The number of nitro groups is 1. The van der Waals surface area contributed by atoms with Gasteiger partial charge in [0, 0.05) is 18.2 Å². The van der Waals surface area contributed by atoms with Crippen LogP contribution in [-0.2, 0) is 11.3 Å². The molecule has 1 aromatic rings. The van der Waals surface area contributed by atoms with Gasteiger partial charge in [-0.1, -0.05) is 18.2 Å². The highest BCUT2D eigenvalue weighted by molar-refractivity contribution is 5.92. The van der Waals surface area contributed by atoms with Gasteiger partial charge in [-0.25, -0.2) is 0 Å². The van der Waals surface area contributed by atoms with Crippen molar-refractivity contribution in [1.29, 1.82) is 0 Å². The first-order valence-corrected chi connectivity index (χ1v) is 5.43.